The number of aliphatic hydroxyl groups is 1. The van der Waals surface area contributed by atoms with Gasteiger partial charge in [0.1, 0.15) is 0 Å². The maximum atomic E-state index is 14.1. The molecule has 1 heterocycles. The molecule has 3 rings (SSSR count). The fourth-order valence-corrected chi connectivity index (χ4v) is 4.49. The molecular formula is C18H15Cl2F3N2OS. The Kier molecular flexibility index (Phi) is 5.80. The molecule has 27 heavy (non-hydrogen) atoms. The predicted molar refractivity (Wildman–Crippen MR) is 103 cm³/mol. The topological polar surface area (TPSA) is 58.6 Å². The minimum absolute atomic E-state index is 0.0396. The molecule has 1 aliphatic rings. The molecule has 0 aromatic heterocycles. The van der Waals surface area contributed by atoms with E-state index in [1.165, 1.54) is 18.2 Å². The van der Waals surface area contributed by atoms with E-state index in [1.54, 1.807) is 18.2 Å². The highest BCUT2D eigenvalue weighted by atomic mass is 35.5. The summed E-state index contributed by atoms with van der Waals surface area (Å²) in [5.74, 6) is 0. The van der Waals surface area contributed by atoms with Crippen LogP contribution < -0.4 is 5.73 Å². The monoisotopic (exact) mass is 434 g/mol. The number of aliphatic hydroxyl groups excluding tert-OH is 1. The first-order chi connectivity index (χ1) is 12.7. The van der Waals surface area contributed by atoms with Gasteiger partial charge in [-0.25, -0.2) is 4.40 Å². The highest BCUT2D eigenvalue weighted by Gasteiger charge is 2.60. The Morgan fingerprint density at radius 3 is 2.33 bits per heavy atom. The van der Waals surface area contributed by atoms with Gasteiger partial charge in [0.25, 0.3) is 0 Å². The van der Waals surface area contributed by atoms with Gasteiger partial charge < -0.3 is 10.8 Å². The number of hydrogen-bond donors (Lipinski definition) is 2. The molecule has 2 aromatic rings. The predicted octanol–water partition coefficient (Wildman–Crippen LogP) is 5.24. The summed E-state index contributed by atoms with van der Waals surface area (Å²) in [5, 5.41) is 9.60. The van der Waals surface area contributed by atoms with E-state index in [2.05, 4.69) is 4.40 Å². The quantitative estimate of drug-likeness (QED) is 0.646. The number of benzene rings is 2. The van der Waals surface area contributed by atoms with Crippen molar-refractivity contribution in [2.75, 3.05) is 0 Å². The fraction of sp³-hybridized carbons (Fsp3) is 0.278. The highest BCUT2D eigenvalue weighted by Crippen LogP contribution is 2.57. The second kappa shape index (κ2) is 7.64. The largest absolute Gasteiger partial charge is 0.409 e. The summed E-state index contributed by atoms with van der Waals surface area (Å²) >= 11 is 12.3. The lowest BCUT2D eigenvalue weighted by Gasteiger charge is -2.30. The molecule has 3 N–H and O–H groups in total. The number of rotatable bonds is 4. The molecule has 0 aliphatic carbocycles. The van der Waals surface area contributed by atoms with Crippen molar-refractivity contribution in [3.63, 3.8) is 0 Å². The van der Waals surface area contributed by atoms with Crippen molar-refractivity contribution >= 4 is 40.9 Å². The molecular weight excluding hydrogens is 420 g/mol. The zero-order chi connectivity index (χ0) is 19.8. The summed E-state index contributed by atoms with van der Waals surface area (Å²) in [6.07, 6.45) is -4.93. The van der Waals surface area contributed by atoms with Crippen molar-refractivity contribution in [3.8, 4) is 0 Å². The Morgan fingerprint density at radius 2 is 1.78 bits per heavy atom. The molecule has 144 valence electrons. The summed E-state index contributed by atoms with van der Waals surface area (Å²) in [5.41, 5.74) is 7.78. The average Bonchev–Trinajstić information content (AvgIpc) is 3.07. The molecule has 0 fully saturated rings. The van der Waals surface area contributed by atoms with Gasteiger partial charge in [0.05, 0.1) is 12.3 Å². The van der Waals surface area contributed by atoms with E-state index in [-0.39, 0.29) is 35.2 Å². The van der Waals surface area contributed by atoms with Crippen LogP contribution in [0.2, 0.25) is 10.0 Å². The van der Waals surface area contributed by atoms with Crippen LogP contribution in [0.1, 0.15) is 28.7 Å². The van der Waals surface area contributed by atoms with Gasteiger partial charge >= 0.3 is 6.18 Å². The van der Waals surface area contributed by atoms with Gasteiger partial charge in [0.15, 0.2) is 4.75 Å². The van der Waals surface area contributed by atoms with Gasteiger partial charge in [-0.3, -0.25) is 0 Å². The molecule has 0 spiro atoms. The van der Waals surface area contributed by atoms with Gasteiger partial charge in [-0.2, -0.15) is 13.2 Å². The summed E-state index contributed by atoms with van der Waals surface area (Å²) in [7, 11) is 0. The lowest BCUT2D eigenvalue weighted by Crippen LogP contribution is -2.38. The molecule has 1 aliphatic heterocycles. The number of hydrogen-bond acceptors (Lipinski definition) is 4. The van der Waals surface area contributed by atoms with Crippen molar-refractivity contribution < 1.29 is 18.3 Å². The Labute approximate surface area is 168 Å². The van der Waals surface area contributed by atoms with E-state index in [0.717, 1.165) is 0 Å². The standard InChI is InChI=1S/C18H15Cl2F3N2OS/c19-14-4-13(5-15(20)6-14)17(18(21,22)23)7-16(25-27-17)10-1-2-11(9-26)12(3-10)8-24/h1-6,26H,7-9,24H2. The van der Waals surface area contributed by atoms with Gasteiger partial charge in [-0.15, -0.1) is 0 Å². The third kappa shape index (κ3) is 3.84. The van der Waals surface area contributed by atoms with Gasteiger partial charge in [-0.1, -0.05) is 35.3 Å². The van der Waals surface area contributed by atoms with Gasteiger partial charge in [0, 0.05) is 23.0 Å². The van der Waals surface area contributed by atoms with Crippen LogP contribution in [0.3, 0.4) is 0 Å². The molecule has 0 saturated heterocycles. The minimum Gasteiger partial charge on any atom is -0.392 e. The van der Waals surface area contributed by atoms with Crippen LogP contribution in [0.15, 0.2) is 40.8 Å². The Bertz CT molecular complexity index is 884. The van der Waals surface area contributed by atoms with Crippen molar-refractivity contribution in [1.29, 1.82) is 0 Å². The van der Waals surface area contributed by atoms with E-state index in [1.807, 2.05) is 0 Å². The maximum Gasteiger partial charge on any atom is 0.409 e. The zero-order valence-electron chi connectivity index (χ0n) is 13.9. The minimum atomic E-state index is -4.57. The Balaban J connectivity index is 2.02. The van der Waals surface area contributed by atoms with Crippen LogP contribution in [0.25, 0.3) is 0 Å². The zero-order valence-corrected chi connectivity index (χ0v) is 16.2. The van der Waals surface area contributed by atoms with Crippen molar-refractivity contribution in [3.05, 3.63) is 68.7 Å². The molecule has 1 atom stereocenters. The molecule has 0 saturated carbocycles. The molecule has 2 aromatic carbocycles. The summed E-state index contributed by atoms with van der Waals surface area (Å²) < 4.78 is 44.1. The lowest BCUT2D eigenvalue weighted by atomic mass is 9.89. The summed E-state index contributed by atoms with van der Waals surface area (Å²) in [4.78, 5) is 0. The highest BCUT2D eigenvalue weighted by molar-refractivity contribution is 7.99. The molecule has 9 heteroatoms. The third-order valence-corrected chi connectivity index (χ3v) is 6.12. The Hall–Kier alpha value is -1.25. The lowest BCUT2D eigenvalue weighted by molar-refractivity contribution is -0.159. The van der Waals surface area contributed by atoms with Crippen molar-refractivity contribution in [2.24, 2.45) is 10.1 Å². The normalized spacial score (nSPS) is 20.0. The fourth-order valence-electron chi connectivity index (χ4n) is 3.00. The second-order valence-corrected chi connectivity index (χ2v) is 8.07. The average molecular weight is 435 g/mol. The number of nitrogens with zero attached hydrogens (tertiary/aromatic N) is 1. The SMILES string of the molecule is NCc1cc(C2=NSC(c3cc(Cl)cc(Cl)c3)(C(F)(F)F)C2)ccc1CO. The molecule has 1 unspecified atom stereocenters. The van der Waals surface area contributed by atoms with E-state index < -0.39 is 10.9 Å². The maximum absolute atomic E-state index is 14.1. The van der Waals surface area contributed by atoms with Gasteiger partial charge in [0.2, 0.25) is 0 Å². The first kappa shape index (κ1) is 20.5. The smallest absolute Gasteiger partial charge is 0.392 e. The molecule has 0 radical (unpaired) electrons. The van der Waals surface area contributed by atoms with E-state index in [9.17, 15) is 18.3 Å². The van der Waals surface area contributed by atoms with E-state index >= 15 is 0 Å². The second-order valence-electron chi connectivity index (χ2n) is 6.13. The van der Waals surface area contributed by atoms with Crippen LogP contribution in [-0.4, -0.2) is 17.0 Å². The molecule has 3 nitrogen and oxygen atoms in total. The first-order valence-corrected chi connectivity index (χ1v) is 9.44. The van der Waals surface area contributed by atoms with E-state index in [4.69, 9.17) is 28.9 Å². The van der Waals surface area contributed by atoms with Crippen LogP contribution >= 0.6 is 35.1 Å². The van der Waals surface area contributed by atoms with Crippen LogP contribution in [-0.2, 0) is 17.9 Å². The Morgan fingerprint density at radius 1 is 1.11 bits per heavy atom. The molecule has 0 amide bonds. The van der Waals surface area contributed by atoms with Crippen LogP contribution in [0.5, 0.6) is 0 Å². The molecule has 0 bridgehead atoms. The van der Waals surface area contributed by atoms with Crippen molar-refractivity contribution in [1.82, 2.24) is 0 Å². The number of nitrogens with two attached hydrogens (primary N) is 1. The third-order valence-electron chi connectivity index (χ3n) is 4.44. The van der Waals surface area contributed by atoms with Crippen LogP contribution in [0.4, 0.5) is 13.2 Å². The summed E-state index contributed by atoms with van der Waals surface area (Å²) in [6.45, 7) is -0.0278. The summed E-state index contributed by atoms with van der Waals surface area (Å²) in [6, 6.07) is 8.89. The van der Waals surface area contributed by atoms with E-state index in [0.29, 0.717) is 34.3 Å². The van der Waals surface area contributed by atoms with Gasteiger partial charge in [-0.05, 0) is 58.5 Å². The van der Waals surface area contributed by atoms with Crippen molar-refractivity contribution in [2.45, 2.75) is 30.5 Å². The first-order valence-electron chi connectivity index (χ1n) is 7.91. The number of halogens is 5. The number of alkyl halides is 3. The van der Waals surface area contributed by atoms with Crippen LogP contribution in [0, 0.1) is 0 Å².